The molecule has 1 aliphatic heterocycles. The van der Waals surface area contributed by atoms with Crippen molar-refractivity contribution >= 4 is 18.0 Å². The molecule has 5 heteroatoms. The van der Waals surface area contributed by atoms with Crippen molar-refractivity contribution in [2.75, 3.05) is 19.7 Å². The maximum Gasteiger partial charge on any atom is 0.331 e. The van der Waals surface area contributed by atoms with Gasteiger partial charge in [-0.05, 0) is 36.5 Å². The van der Waals surface area contributed by atoms with E-state index in [1.54, 1.807) is 17.0 Å². The van der Waals surface area contributed by atoms with E-state index >= 15 is 0 Å². The van der Waals surface area contributed by atoms with Crippen LogP contribution in [0, 0.1) is 11.8 Å². The molecule has 0 radical (unpaired) electrons. The molecule has 114 valence electrons. The van der Waals surface area contributed by atoms with Crippen molar-refractivity contribution in [1.82, 2.24) is 4.90 Å². The van der Waals surface area contributed by atoms with E-state index in [1.165, 1.54) is 18.4 Å². The van der Waals surface area contributed by atoms with Crippen molar-refractivity contribution in [3.63, 3.8) is 0 Å². The summed E-state index contributed by atoms with van der Waals surface area (Å²) in [6, 6.07) is 3.46. The van der Waals surface area contributed by atoms with Gasteiger partial charge in [-0.2, -0.15) is 0 Å². The number of ether oxygens (including phenoxy) is 1. The Hall–Kier alpha value is -2.04. The second-order valence-electron chi connectivity index (χ2n) is 5.70. The number of hydrogen-bond acceptors (Lipinski definition) is 4. The summed E-state index contributed by atoms with van der Waals surface area (Å²) in [6.07, 6.45) is 5.42. The fourth-order valence-electron chi connectivity index (χ4n) is 2.68. The molecule has 0 bridgehead atoms. The topological polar surface area (TPSA) is 59.8 Å². The number of piperidine rings is 1. The minimum Gasteiger partial charge on any atom is -0.465 e. The summed E-state index contributed by atoms with van der Waals surface area (Å²) in [7, 11) is 0. The van der Waals surface area contributed by atoms with Gasteiger partial charge in [0.25, 0.3) is 5.91 Å². The first kappa shape index (κ1) is 15.4. The fraction of sp³-hybridized carbons (Fsp3) is 0.500. The van der Waals surface area contributed by atoms with E-state index in [1.807, 2.05) is 0 Å². The summed E-state index contributed by atoms with van der Waals surface area (Å²) >= 11 is 0. The quantitative estimate of drug-likeness (QED) is 0.631. The summed E-state index contributed by atoms with van der Waals surface area (Å²) in [5, 5.41) is 0. The molecule has 5 nitrogen and oxygen atoms in total. The van der Waals surface area contributed by atoms with Gasteiger partial charge in [0, 0.05) is 19.2 Å². The van der Waals surface area contributed by atoms with Gasteiger partial charge >= 0.3 is 5.97 Å². The number of carbonyl (C=O) groups is 2. The second kappa shape index (κ2) is 7.11. The van der Waals surface area contributed by atoms with E-state index in [-0.39, 0.29) is 12.5 Å². The van der Waals surface area contributed by atoms with Crippen LogP contribution >= 0.6 is 0 Å². The van der Waals surface area contributed by atoms with E-state index in [2.05, 4.69) is 13.8 Å². The Balaban J connectivity index is 1.77. The summed E-state index contributed by atoms with van der Waals surface area (Å²) in [5.74, 6) is 0.877. The van der Waals surface area contributed by atoms with Gasteiger partial charge in [0.05, 0.1) is 6.26 Å². The highest BCUT2D eigenvalue weighted by Crippen LogP contribution is 2.20. The highest BCUT2D eigenvalue weighted by Gasteiger charge is 2.25. The van der Waals surface area contributed by atoms with Crippen molar-refractivity contribution in [1.29, 1.82) is 0 Å². The molecule has 2 unspecified atom stereocenters. The van der Waals surface area contributed by atoms with Gasteiger partial charge in [0.15, 0.2) is 6.61 Å². The lowest BCUT2D eigenvalue weighted by Gasteiger charge is -2.34. The predicted octanol–water partition coefficient (Wildman–Crippen LogP) is 2.34. The third-order valence-corrected chi connectivity index (χ3v) is 3.49. The number of rotatable bonds is 4. The Labute approximate surface area is 124 Å². The fourth-order valence-corrected chi connectivity index (χ4v) is 2.68. The molecular formula is C16H21NO4. The maximum absolute atomic E-state index is 12.0. The van der Waals surface area contributed by atoms with Crippen LogP contribution in [-0.2, 0) is 14.3 Å². The van der Waals surface area contributed by atoms with Gasteiger partial charge < -0.3 is 14.1 Å². The van der Waals surface area contributed by atoms with E-state index in [0.717, 1.165) is 19.5 Å². The number of hydrogen-bond donors (Lipinski definition) is 0. The summed E-state index contributed by atoms with van der Waals surface area (Å²) in [6.45, 7) is 5.54. The maximum atomic E-state index is 12.0. The molecular weight excluding hydrogens is 270 g/mol. The van der Waals surface area contributed by atoms with Crippen LogP contribution in [0.1, 0.15) is 26.0 Å². The molecule has 1 aromatic heterocycles. The van der Waals surface area contributed by atoms with Crippen molar-refractivity contribution in [3.8, 4) is 0 Å². The molecule has 1 saturated heterocycles. The molecule has 2 atom stereocenters. The van der Waals surface area contributed by atoms with E-state index < -0.39 is 5.97 Å². The third-order valence-electron chi connectivity index (χ3n) is 3.49. The van der Waals surface area contributed by atoms with Crippen LogP contribution in [0.25, 0.3) is 6.08 Å². The van der Waals surface area contributed by atoms with Crippen LogP contribution in [0.15, 0.2) is 28.9 Å². The van der Waals surface area contributed by atoms with Crippen LogP contribution < -0.4 is 0 Å². The molecule has 0 spiro atoms. The van der Waals surface area contributed by atoms with E-state index in [4.69, 9.17) is 9.15 Å². The average molecular weight is 291 g/mol. The SMILES string of the molecule is CC1CC(C)CN(C(=O)COC(=O)/C=C/c2ccco2)C1. The smallest absolute Gasteiger partial charge is 0.331 e. The molecule has 2 rings (SSSR count). The lowest BCUT2D eigenvalue weighted by molar-refractivity contribution is -0.149. The number of likely N-dealkylation sites (tertiary alicyclic amines) is 1. The minimum absolute atomic E-state index is 0.131. The van der Waals surface area contributed by atoms with Gasteiger partial charge in [-0.25, -0.2) is 4.79 Å². The highest BCUT2D eigenvalue weighted by atomic mass is 16.5. The number of nitrogens with zero attached hydrogens (tertiary/aromatic N) is 1. The van der Waals surface area contributed by atoms with Crippen LogP contribution in [0.4, 0.5) is 0 Å². The Bertz CT molecular complexity index is 496. The molecule has 1 fully saturated rings. The summed E-state index contributed by atoms with van der Waals surface area (Å²) in [5.41, 5.74) is 0. The van der Waals surface area contributed by atoms with Crippen molar-refractivity contribution in [2.45, 2.75) is 20.3 Å². The molecule has 0 saturated carbocycles. The van der Waals surface area contributed by atoms with Crippen molar-refractivity contribution in [3.05, 3.63) is 30.2 Å². The van der Waals surface area contributed by atoms with Crippen LogP contribution in [0.5, 0.6) is 0 Å². The molecule has 1 aromatic rings. The Morgan fingerprint density at radius 3 is 2.71 bits per heavy atom. The van der Waals surface area contributed by atoms with Gasteiger partial charge in [0.2, 0.25) is 0 Å². The molecule has 0 aromatic carbocycles. The Kier molecular flexibility index (Phi) is 5.20. The number of esters is 1. The number of carbonyl (C=O) groups excluding carboxylic acids is 2. The normalized spacial score (nSPS) is 22.5. The minimum atomic E-state index is -0.544. The average Bonchev–Trinajstić information content (AvgIpc) is 2.94. The van der Waals surface area contributed by atoms with E-state index in [9.17, 15) is 9.59 Å². The lowest BCUT2D eigenvalue weighted by atomic mass is 9.92. The molecule has 1 amide bonds. The molecule has 21 heavy (non-hydrogen) atoms. The Morgan fingerprint density at radius 2 is 2.10 bits per heavy atom. The second-order valence-corrected chi connectivity index (χ2v) is 5.70. The first-order valence-corrected chi connectivity index (χ1v) is 7.20. The molecule has 2 heterocycles. The van der Waals surface area contributed by atoms with Crippen molar-refractivity contribution in [2.24, 2.45) is 11.8 Å². The van der Waals surface area contributed by atoms with Gasteiger partial charge in [-0.3, -0.25) is 4.79 Å². The monoisotopic (exact) mass is 291 g/mol. The molecule has 0 N–H and O–H groups in total. The first-order valence-electron chi connectivity index (χ1n) is 7.20. The highest BCUT2D eigenvalue weighted by molar-refractivity contribution is 5.88. The zero-order valence-electron chi connectivity index (χ0n) is 12.5. The van der Waals surface area contributed by atoms with Gasteiger partial charge in [-0.15, -0.1) is 0 Å². The van der Waals surface area contributed by atoms with E-state index in [0.29, 0.717) is 17.6 Å². The van der Waals surface area contributed by atoms with Crippen LogP contribution in [0.3, 0.4) is 0 Å². The first-order chi connectivity index (χ1) is 10.0. The number of amides is 1. The summed E-state index contributed by atoms with van der Waals surface area (Å²) < 4.78 is 10.0. The van der Waals surface area contributed by atoms with Crippen molar-refractivity contribution < 1.29 is 18.7 Å². The Morgan fingerprint density at radius 1 is 1.38 bits per heavy atom. The van der Waals surface area contributed by atoms with Gasteiger partial charge in [-0.1, -0.05) is 13.8 Å². The number of furan rings is 1. The largest absolute Gasteiger partial charge is 0.465 e. The zero-order chi connectivity index (χ0) is 15.2. The predicted molar refractivity (Wildman–Crippen MR) is 78.2 cm³/mol. The molecule has 1 aliphatic rings. The third kappa shape index (κ3) is 4.77. The standard InChI is InChI=1S/C16H21NO4/c1-12-8-13(2)10-17(9-12)15(18)11-21-16(19)6-5-14-4-3-7-20-14/h3-7,12-13H,8-11H2,1-2H3/b6-5+. The summed E-state index contributed by atoms with van der Waals surface area (Å²) in [4.78, 5) is 25.3. The van der Waals surface area contributed by atoms with Gasteiger partial charge in [0.1, 0.15) is 5.76 Å². The van der Waals surface area contributed by atoms with Crippen LogP contribution in [0.2, 0.25) is 0 Å². The zero-order valence-corrected chi connectivity index (χ0v) is 12.5. The molecule has 0 aliphatic carbocycles. The van der Waals surface area contributed by atoms with Crippen LogP contribution in [-0.4, -0.2) is 36.5 Å². The lowest BCUT2D eigenvalue weighted by Crippen LogP contribution is -2.44.